The maximum atomic E-state index is 7.56. The van der Waals surface area contributed by atoms with Gasteiger partial charge in [-0.3, -0.25) is 0 Å². The third kappa shape index (κ3) is 1470. The molecule has 0 aromatic rings. The van der Waals surface area contributed by atoms with Gasteiger partial charge in [-0.05, 0) is 59.0 Å². The summed E-state index contributed by atoms with van der Waals surface area (Å²) in [6.07, 6.45) is 0. The summed E-state index contributed by atoms with van der Waals surface area (Å²) in [6, 6.07) is 0. The van der Waals surface area contributed by atoms with Crippen LogP contribution in [0.2, 0.25) is 0 Å². The van der Waals surface area contributed by atoms with Crippen molar-refractivity contribution in [1.82, 2.24) is 0 Å². The standard InChI is InChI=1S/ClH.Cu.HI.5H3O3PS/c;;;5*1-4(2,3)5/h1H;;1H;5*(H3,1,2,3,5)/q;+2;;;;;;/p-2. The van der Waals surface area contributed by atoms with E-state index in [-0.39, 0.29) is 0 Å². The molecule has 0 spiro atoms. The van der Waals surface area contributed by atoms with Crippen molar-refractivity contribution in [2.75, 3.05) is 0 Å². The molecule has 28 heteroatoms. The van der Waals surface area contributed by atoms with E-state index in [1.165, 1.54) is 10.8 Å². The van der Waals surface area contributed by atoms with Gasteiger partial charge in [0.2, 0.25) is 0 Å². The molecule has 0 radical (unpaired) electrons. The molecule has 15 nitrogen and oxygen atoms in total. The van der Waals surface area contributed by atoms with Crippen molar-refractivity contribution < 1.29 is 84.2 Å². The first-order chi connectivity index (χ1) is 11.4. The summed E-state index contributed by atoms with van der Waals surface area (Å²) < 4.78 is 0. The van der Waals surface area contributed by atoms with Crippen molar-refractivity contribution in [1.29, 1.82) is 0 Å². The van der Waals surface area contributed by atoms with E-state index in [2.05, 4.69) is 59.0 Å². The van der Waals surface area contributed by atoms with Crippen molar-refractivity contribution in [2.24, 2.45) is 0 Å². The summed E-state index contributed by atoms with van der Waals surface area (Å²) >= 11 is 20.0. The molecule has 0 fully saturated rings. The quantitative estimate of drug-likeness (QED) is 0.0685. The van der Waals surface area contributed by atoms with Crippen LogP contribution in [0.4, 0.5) is 0 Å². The van der Waals surface area contributed by atoms with Gasteiger partial charge in [0, 0.05) is 0 Å². The SMILES string of the molecule is OP(O)(O)=S.OP(O)(O)=S.OP(O)(O)=S.OP(O)(O)=S.OP(O)(O)=S.[Cl][Cu][I]. The van der Waals surface area contributed by atoms with Crippen LogP contribution >= 0.6 is 64.0 Å². The molecular formula is H15ClCuIO15P5S5. The van der Waals surface area contributed by atoms with Crippen molar-refractivity contribution in [2.45, 2.75) is 0 Å². The summed E-state index contributed by atoms with van der Waals surface area (Å²) in [4.78, 5) is 113. The summed E-state index contributed by atoms with van der Waals surface area (Å²) in [5.41, 5.74) is 0. The number of hydrogen-bond donors (Lipinski definition) is 15. The summed E-state index contributed by atoms with van der Waals surface area (Å²) in [7, 11) is 6.15. The van der Waals surface area contributed by atoms with E-state index in [4.69, 9.17) is 83.5 Å². The summed E-state index contributed by atoms with van der Waals surface area (Å²) in [5, 5.41) is 0. The molecule has 0 heterocycles. The molecule has 0 rings (SSSR count). The van der Waals surface area contributed by atoms with E-state index in [0.717, 1.165) is 0 Å². The third-order valence-corrected chi connectivity index (χ3v) is 0. The Bertz CT molecular complexity index is 414. The second kappa shape index (κ2) is 23.0. The maximum absolute atomic E-state index is 7.56. The Morgan fingerprint density at radius 2 is 0.429 bits per heavy atom. The van der Waals surface area contributed by atoms with Gasteiger partial charge in [0.15, 0.2) is 0 Å². The molecule has 0 atom stereocenters. The van der Waals surface area contributed by atoms with Crippen LogP contribution in [0.25, 0.3) is 0 Å². The van der Waals surface area contributed by atoms with Gasteiger partial charge < -0.3 is 73.4 Å². The van der Waals surface area contributed by atoms with E-state index in [0.29, 0.717) is 0 Å². The van der Waals surface area contributed by atoms with Gasteiger partial charge in [-0.2, -0.15) is 0 Å². The average Bonchev–Trinajstić information content (AvgIpc) is 2.00. The molecule has 0 amide bonds. The number of hydrogen-bond acceptors (Lipinski definition) is 5. The van der Waals surface area contributed by atoms with Crippen LogP contribution in [-0.4, -0.2) is 73.4 Å². The zero-order chi connectivity index (χ0) is 25.2. The fourth-order valence-corrected chi connectivity index (χ4v) is 0. The van der Waals surface area contributed by atoms with E-state index >= 15 is 0 Å². The second-order valence-corrected chi connectivity index (χ2v) is 18.6. The Morgan fingerprint density at radius 1 is 0.429 bits per heavy atom. The zero-order valence-electron chi connectivity index (χ0n) is 12.0. The molecule has 0 saturated heterocycles. The van der Waals surface area contributed by atoms with Gasteiger partial charge in [0.05, 0.1) is 0 Å². The van der Waals surface area contributed by atoms with Crippen LogP contribution < -0.4 is 0 Å². The molecule has 0 saturated carbocycles. The molecule has 15 N–H and O–H groups in total. The van der Waals surface area contributed by atoms with Gasteiger partial charge in [-0.1, -0.05) is 0 Å². The normalized spacial score (nSPS) is 11.3. The Morgan fingerprint density at radius 3 is 0.429 bits per heavy atom. The zero-order valence-corrected chi connectivity index (χ0v) is 24.5. The van der Waals surface area contributed by atoms with E-state index in [1.807, 2.05) is 20.3 Å². The Kier molecular flexibility index (Phi) is 37.4. The number of rotatable bonds is 0. The van der Waals surface area contributed by atoms with Gasteiger partial charge in [0.1, 0.15) is 0 Å². The minimum atomic E-state index is -3.81. The van der Waals surface area contributed by atoms with Crippen LogP contribution in [0.3, 0.4) is 0 Å². The van der Waals surface area contributed by atoms with Gasteiger partial charge >= 0.3 is 74.8 Å². The molecule has 0 aliphatic rings. The van der Waals surface area contributed by atoms with Crippen LogP contribution in [0.5, 0.6) is 0 Å². The van der Waals surface area contributed by atoms with Gasteiger partial charge in [0.25, 0.3) is 0 Å². The van der Waals surface area contributed by atoms with Gasteiger partial charge in [-0.15, -0.1) is 0 Å². The van der Waals surface area contributed by atoms with Crippen LogP contribution in [0.15, 0.2) is 0 Å². The minimum absolute atomic E-state index is 1.25. The molecule has 0 aliphatic carbocycles. The second-order valence-electron chi connectivity index (χ2n) is 2.61. The van der Waals surface area contributed by atoms with Crippen molar-refractivity contribution >= 4 is 123 Å². The fourth-order valence-electron chi connectivity index (χ4n) is 0. The molecule has 0 aromatic heterocycles. The monoisotopic (exact) mass is 795 g/mol. The van der Waals surface area contributed by atoms with Crippen molar-refractivity contribution in [3.8, 4) is 0 Å². The van der Waals surface area contributed by atoms with E-state index < -0.39 is 33.6 Å². The van der Waals surface area contributed by atoms with Crippen LogP contribution in [0.1, 0.15) is 0 Å². The topological polar surface area (TPSA) is 303 Å². The molecule has 185 valence electrons. The molecule has 0 aromatic carbocycles. The number of halogens is 2. The van der Waals surface area contributed by atoms with Crippen LogP contribution in [-0.2, 0) is 69.8 Å². The molecule has 0 bridgehead atoms. The first kappa shape index (κ1) is 45.7. The average molecular weight is 796 g/mol. The van der Waals surface area contributed by atoms with Gasteiger partial charge in [-0.25, -0.2) is 0 Å². The fraction of sp³-hybridized carbons (Fsp3) is 0. The summed E-state index contributed by atoms with van der Waals surface area (Å²) in [5.74, 6) is 0. The third-order valence-electron chi connectivity index (χ3n) is 0. The molecule has 0 aliphatic heterocycles. The predicted molar refractivity (Wildman–Crippen MR) is 125 cm³/mol. The van der Waals surface area contributed by atoms with Crippen molar-refractivity contribution in [3.05, 3.63) is 0 Å². The first-order valence-corrected chi connectivity index (χ1v) is 21.8. The van der Waals surface area contributed by atoms with E-state index in [9.17, 15) is 0 Å². The first-order valence-electron chi connectivity index (χ1n) is 4.14. The summed E-state index contributed by atoms with van der Waals surface area (Å²) in [6.45, 7) is -19.0. The Balaban J connectivity index is -0.0000000522. The Labute approximate surface area is 205 Å². The Hall–Kier alpha value is 4.19. The van der Waals surface area contributed by atoms with Crippen molar-refractivity contribution in [3.63, 3.8) is 0 Å². The predicted octanol–water partition coefficient (Wildman–Crippen LogP) is -2.49. The van der Waals surface area contributed by atoms with E-state index in [1.54, 1.807) is 0 Å². The molecule has 28 heavy (non-hydrogen) atoms. The van der Waals surface area contributed by atoms with Crippen LogP contribution in [0, 0.1) is 0 Å². The molecule has 0 unspecified atom stereocenters. The molecular weight excluding hydrogens is 781 g/mol.